The highest BCUT2D eigenvalue weighted by Crippen LogP contribution is 2.31. The molecule has 0 aliphatic heterocycles. The van der Waals surface area contributed by atoms with Crippen LogP contribution in [0.3, 0.4) is 0 Å². The second-order valence-corrected chi connectivity index (χ2v) is 5.47. The minimum atomic E-state index is -0.931. The van der Waals surface area contributed by atoms with Gasteiger partial charge in [-0.2, -0.15) is 5.10 Å². The van der Waals surface area contributed by atoms with Crippen molar-refractivity contribution in [2.24, 2.45) is 7.05 Å². The lowest BCUT2D eigenvalue weighted by molar-refractivity contribution is 0.0697. The molecule has 1 heterocycles. The Bertz CT molecular complexity index is 669. The van der Waals surface area contributed by atoms with Gasteiger partial charge in [0, 0.05) is 12.6 Å². The van der Waals surface area contributed by atoms with Crippen molar-refractivity contribution < 1.29 is 9.90 Å². The summed E-state index contributed by atoms with van der Waals surface area (Å²) in [7, 11) is 1.79. The number of carbonyl (C=O) groups is 1. The van der Waals surface area contributed by atoms with E-state index in [2.05, 4.69) is 31.1 Å². The number of aromatic carboxylic acids is 1. The number of aromatic nitrogens is 2. The van der Waals surface area contributed by atoms with Gasteiger partial charge in [-0.3, -0.25) is 4.68 Å². The Hall–Kier alpha value is -2.10. The van der Waals surface area contributed by atoms with Gasteiger partial charge in [0.15, 0.2) is 0 Å². The van der Waals surface area contributed by atoms with E-state index in [0.29, 0.717) is 17.3 Å². The van der Waals surface area contributed by atoms with Crippen LogP contribution in [0.2, 0.25) is 0 Å². The zero-order valence-electron chi connectivity index (χ0n) is 12.6. The van der Waals surface area contributed by atoms with Crippen LogP contribution in [0.5, 0.6) is 0 Å². The molecule has 1 N–H and O–H groups in total. The molecule has 0 saturated heterocycles. The first-order valence-corrected chi connectivity index (χ1v) is 6.70. The molecule has 2 rings (SSSR count). The molecule has 0 aliphatic carbocycles. The van der Waals surface area contributed by atoms with E-state index in [1.807, 2.05) is 13.0 Å². The Morgan fingerprint density at radius 2 is 1.95 bits per heavy atom. The van der Waals surface area contributed by atoms with Gasteiger partial charge in [0.05, 0.1) is 11.4 Å². The van der Waals surface area contributed by atoms with Crippen LogP contribution in [0.25, 0.3) is 11.3 Å². The van der Waals surface area contributed by atoms with Crippen LogP contribution >= 0.6 is 0 Å². The topological polar surface area (TPSA) is 55.1 Å². The quantitative estimate of drug-likeness (QED) is 0.930. The maximum absolute atomic E-state index is 11.5. The van der Waals surface area contributed by atoms with Crippen LogP contribution in [0.1, 0.15) is 46.9 Å². The number of nitrogens with zero attached hydrogens (tertiary/aromatic N) is 2. The van der Waals surface area contributed by atoms with Gasteiger partial charge in [-0.05, 0) is 37.0 Å². The summed E-state index contributed by atoms with van der Waals surface area (Å²) in [5.41, 5.74) is 4.70. The first-order valence-electron chi connectivity index (χ1n) is 6.70. The Kier molecular flexibility index (Phi) is 3.66. The largest absolute Gasteiger partial charge is 0.478 e. The van der Waals surface area contributed by atoms with E-state index in [1.54, 1.807) is 18.7 Å². The molecular formula is C16H20N2O2. The smallest absolute Gasteiger partial charge is 0.339 e. The van der Waals surface area contributed by atoms with Crippen molar-refractivity contribution in [3.63, 3.8) is 0 Å². The summed E-state index contributed by atoms with van der Waals surface area (Å²) in [6.45, 7) is 7.98. The summed E-state index contributed by atoms with van der Waals surface area (Å²) in [4.78, 5) is 11.5. The fourth-order valence-corrected chi connectivity index (χ4v) is 2.48. The lowest BCUT2D eigenvalue weighted by Gasteiger charge is -2.12. The summed E-state index contributed by atoms with van der Waals surface area (Å²) in [6.07, 6.45) is 0. The SMILES string of the molecule is Cc1ccc(C(C)C)cc1-c1c(C(=O)O)c(C)nn1C. The standard InChI is InChI=1S/C16H20N2O2/c1-9(2)12-7-6-10(3)13(8-12)15-14(16(19)20)11(4)17-18(15)5/h6-9H,1-5H3,(H,19,20). The molecule has 0 radical (unpaired) electrons. The fraction of sp³-hybridized carbons (Fsp3) is 0.375. The van der Waals surface area contributed by atoms with E-state index < -0.39 is 5.97 Å². The lowest BCUT2D eigenvalue weighted by atomic mass is 9.94. The number of benzene rings is 1. The number of rotatable bonds is 3. The van der Waals surface area contributed by atoms with Crippen molar-refractivity contribution in [1.29, 1.82) is 0 Å². The van der Waals surface area contributed by atoms with Crippen LogP contribution < -0.4 is 0 Å². The third-order valence-corrected chi connectivity index (χ3v) is 3.62. The lowest BCUT2D eigenvalue weighted by Crippen LogP contribution is -2.03. The van der Waals surface area contributed by atoms with Crippen LogP contribution in [-0.2, 0) is 7.05 Å². The molecule has 106 valence electrons. The molecule has 0 amide bonds. The van der Waals surface area contributed by atoms with Gasteiger partial charge >= 0.3 is 5.97 Å². The number of hydrogen-bond donors (Lipinski definition) is 1. The van der Waals surface area contributed by atoms with Crippen molar-refractivity contribution in [1.82, 2.24) is 9.78 Å². The molecule has 4 heteroatoms. The second-order valence-electron chi connectivity index (χ2n) is 5.47. The molecule has 0 bridgehead atoms. The van der Waals surface area contributed by atoms with E-state index in [1.165, 1.54) is 5.56 Å². The first-order chi connectivity index (χ1) is 9.32. The van der Waals surface area contributed by atoms with E-state index in [-0.39, 0.29) is 5.56 Å². The summed E-state index contributed by atoms with van der Waals surface area (Å²) >= 11 is 0. The third kappa shape index (κ3) is 2.33. The van der Waals surface area contributed by atoms with Crippen LogP contribution in [-0.4, -0.2) is 20.9 Å². The van der Waals surface area contributed by atoms with Gasteiger partial charge in [-0.1, -0.05) is 26.0 Å². The first kappa shape index (κ1) is 14.3. The van der Waals surface area contributed by atoms with Crippen molar-refractivity contribution >= 4 is 5.97 Å². The number of carboxylic acid groups (broad SMARTS) is 1. The maximum atomic E-state index is 11.5. The maximum Gasteiger partial charge on any atom is 0.339 e. The average molecular weight is 272 g/mol. The molecule has 0 spiro atoms. The van der Waals surface area contributed by atoms with Gasteiger partial charge in [0.1, 0.15) is 5.56 Å². The molecule has 0 atom stereocenters. The molecule has 1 aromatic carbocycles. The van der Waals surface area contributed by atoms with Crippen LogP contribution in [0.4, 0.5) is 0 Å². The van der Waals surface area contributed by atoms with Gasteiger partial charge in [0.2, 0.25) is 0 Å². The van der Waals surface area contributed by atoms with E-state index >= 15 is 0 Å². The zero-order valence-corrected chi connectivity index (χ0v) is 12.6. The molecule has 1 aromatic heterocycles. The monoisotopic (exact) mass is 272 g/mol. The van der Waals surface area contributed by atoms with Gasteiger partial charge in [0.25, 0.3) is 0 Å². The second kappa shape index (κ2) is 5.12. The van der Waals surface area contributed by atoms with Crippen molar-refractivity contribution in [2.45, 2.75) is 33.6 Å². The molecule has 2 aromatic rings. The molecule has 20 heavy (non-hydrogen) atoms. The number of hydrogen-bond acceptors (Lipinski definition) is 2. The Balaban J connectivity index is 2.74. The normalized spacial score (nSPS) is 11.1. The average Bonchev–Trinajstić information content (AvgIpc) is 2.64. The Morgan fingerprint density at radius 3 is 2.50 bits per heavy atom. The summed E-state index contributed by atoms with van der Waals surface area (Å²) < 4.78 is 1.66. The van der Waals surface area contributed by atoms with Crippen LogP contribution in [0, 0.1) is 13.8 Å². The van der Waals surface area contributed by atoms with Gasteiger partial charge < -0.3 is 5.11 Å². The predicted molar refractivity (Wildman–Crippen MR) is 79.2 cm³/mol. The molecular weight excluding hydrogens is 252 g/mol. The molecule has 0 aliphatic rings. The van der Waals surface area contributed by atoms with E-state index in [9.17, 15) is 9.90 Å². The summed E-state index contributed by atoms with van der Waals surface area (Å²) in [6, 6.07) is 6.20. The third-order valence-electron chi connectivity index (χ3n) is 3.62. The van der Waals surface area contributed by atoms with Gasteiger partial charge in [-0.15, -0.1) is 0 Å². The summed E-state index contributed by atoms with van der Waals surface area (Å²) in [5, 5.41) is 13.7. The minimum Gasteiger partial charge on any atom is -0.478 e. The van der Waals surface area contributed by atoms with Crippen molar-refractivity contribution in [2.75, 3.05) is 0 Å². The van der Waals surface area contributed by atoms with Crippen molar-refractivity contribution in [3.05, 3.63) is 40.6 Å². The Morgan fingerprint density at radius 1 is 1.30 bits per heavy atom. The Labute approximate surface area is 119 Å². The fourth-order valence-electron chi connectivity index (χ4n) is 2.48. The highest BCUT2D eigenvalue weighted by atomic mass is 16.4. The van der Waals surface area contributed by atoms with E-state index in [0.717, 1.165) is 11.1 Å². The highest BCUT2D eigenvalue weighted by Gasteiger charge is 2.22. The molecule has 0 fully saturated rings. The molecule has 0 saturated carbocycles. The molecule has 0 unspecified atom stereocenters. The summed E-state index contributed by atoms with van der Waals surface area (Å²) in [5.74, 6) is -0.531. The number of aryl methyl sites for hydroxylation is 3. The van der Waals surface area contributed by atoms with E-state index in [4.69, 9.17) is 0 Å². The van der Waals surface area contributed by atoms with Gasteiger partial charge in [-0.25, -0.2) is 4.79 Å². The minimum absolute atomic E-state index is 0.288. The molecule has 4 nitrogen and oxygen atoms in total. The number of carboxylic acids is 1. The van der Waals surface area contributed by atoms with Crippen molar-refractivity contribution in [3.8, 4) is 11.3 Å². The van der Waals surface area contributed by atoms with Crippen LogP contribution in [0.15, 0.2) is 18.2 Å². The highest BCUT2D eigenvalue weighted by molar-refractivity contribution is 5.96. The predicted octanol–water partition coefficient (Wildman–Crippen LogP) is 3.53. The zero-order chi connectivity index (χ0) is 15.0.